The van der Waals surface area contributed by atoms with Crippen molar-refractivity contribution in [1.82, 2.24) is 10.6 Å². The van der Waals surface area contributed by atoms with Crippen LogP contribution in [0.25, 0.3) is 0 Å². The van der Waals surface area contributed by atoms with Gasteiger partial charge in [0.05, 0.1) is 25.3 Å². The number of rotatable bonds is 12. The van der Waals surface area contributed by atoms with E-state index >= 15 is 0 Å². The molecule has 9 N–H and O–H groups in total. The molecular formula is C24H31N7O6. The molecule has 0 aromatic heterocycles. The van der Waals surface area contributed by atoms with E-state index in [1.807, 2.05) is 0 Å². The minimum atomic E-state index is -1.02. The van der Waals surface area contributed by atoms with Crippen molar-refractivity contribution in [3.63, 3.8) is 0 Å². The highest BCUT2D eigenvalue weighted by Gasteiger charge is 2.24. The predicted octanol–water partition coefficient (Wildman–Crippen LogP) is 0.761. The molecule has 0 unspecified atom stereocenters. The van der Waals surface area contributed by atoms with Crippen LogP contribution in [-0.2, 0) is 9.59 Å². The smallest absolute Gasteiger partial charge is 0.255 e. The van der Waals surface area contributed by atoms with Crippen LogP contribution < -0.4 is 42.2 Å². The molecule has 0 saturated carbocycles. The van der Waals surface area contributed by atoms with Crippen LogP contribution in [0.4, 0.5) is 11.4 Å². The van der Waals surface area contributed by atoms with Crippen molar-refractivity contribution in [2.45, 2.75) is 25.8 Å². The van der Waals surface area contributed by atoms with Crippen molar-refractivity contribution in [2.75, 3.05) is 31.4 Å². The summed E-state index contributed by atoms with van der Waals surface area (Å²) in [7, 11) is 2.78. The van der Waals surface area contributed by atoms with Crippen molar-refractivity contribution in [3.8, 4) is 11.5 Å². The maximum Gasteiger partial charge on any atom is 0.255 e. The van der Waals surface area contributed by atoms with Gasteiger partial charge in [-0.2, -0.15) is 0 Å². The SMILES string of the molecule is COc1ccc(NC(=O)[C@@H](CCCNC(=N)N)NC(=O)c2cc(NC(C)=O)ccc2OC)cc1C(N)=O. The summed E-state index contributed by atoms with van der Waals surface area (Å²) in [6, 6.07) is 7.90. The van der Waals surface area contributed by atoms with Crippen LogP contribution >= 0.6 is 0 Å². The first-order chi connectivity index (χ1) is 17.5. The minimum Gasteiger partial charge on any atom is -0.496 e. The van der Waals surface area contributed by atoms with Gasteiger partial charge < -0.3 is 42.2 Å². The molecule has 0 saturated heterocycles. The number of methoxy groups -OCH3 is 2. The third kappa shape index (κ3) is 8.42. The Morgan fingerprint density at radius 2 is 1.49 bits per heavy atom. The van der Waals surface area contributed by atoms with Crippen molar-refractivity contribution >= 4 is 41.0 Å². The van der Waals surface area contributed by atoms with E-state index in [0.29, 0.717) is 18.7 Å². The summed E-state index contributed by atoms with van der Waals surface area (Å²) in [5.41, 5.74) is 11.5. The monoisotopic (exact) mass is 513 g/mol. The van der Waals surface area contributed by atoms with Crippen LogP contribution in [0.15, 0.2) is 36.4 Å². The lowest BCUT2D eigenvalue weighted by atomic mass is 10.1. The quantitative estimate of drug-likeness (QED) is 0.122. The van der Waals surface area contributed by atoms with E-state index in [1.165, 1.54) is 51.5 Å². The molecule has 0 spiro atoms. The number of nitrogens with two attached hydrogens (primary N) is 2. The van der Waals surface area contributed by atoms with Gasteiger partial charge in [0.15, 0.2) is 5.96 Å². The molecule has 0 aliphatic heterocycles. The Hall–Kier alpha value is -4.81. The van der Waals surface area contributed by atoms with Crippen molar-refractivity contribution in [1.29, 1.82) is 5.41 Å². The number of carbonyl (C=O) groups is 4. The zero-order valence-corrected chi connectivity index (χ0v) is 20.8. The summed E-state index contributed by atoms with van der Waals surface area (Å²) >= 11 is 0. The molecule has 0 heterocycles. The zero-order valence-electron chi connectivity index (χ0n) is 20.8. The van der Waals surface area contributed by atoms with Crippen LogP contribution in [0, 0.1) is 5.41 Å². The standard InChI is InChI=1S/C24H31N7O6/c1-13(32)29-14-6-9-20(37-3)17(12-14)22(34)31-18(5-4-10-28-24(26)27)23(35)30-15-7-8-19(36-2)16(11-15)21(25)33/h6-9,11-12,18H,4-5,10H2,1-3H3,(H2,25,33)(H,29,32)(H,30,35)(H,31,34)(H4,26,27,28)/t18-/m1/s1. The number of guanidine groups is 1. The largest absolute Gasteiger partial charge is 0.496 e. The molecule has 0 aliphatic carbocycles. The van der Waals surface area contributed by atoms with Gasteiger partial charge in [-0.25, -0.2) is 0 Å². The maximum atomic E-state index is 13.2. The Morgan fingerprint density at radius 3 is 2.03 bits per heavy atom. The second-order valence-corrected chi connectivity index (χ2v) is 7.87. The highest BCUT2D eigenvalue weighted by atomic mass is 16.5. The van der Waals surface area contributed by atoms with Gasteiger partial charge in [-0.3, -0.25) is 24.6 Å². The van der Waals surface area contributed by atoms with Gasteiger partial charge >= 0.3 is 0 Å². The summed E-state index contributed by atoms with van der Waals surface area (Å²) in [4.78, 5) is 49.5. The van der Waals surface area contributed by atoms with Crippen LogP contribution in [0.3, 0.4) is 0 Å². The average molecular weight is 514 g/mol. The first-order valence-electron chi connectivity index (χ1n) is 11.2. The number of benzene rings is 2. The lowest BCUT2D eigenvalue weighted by Crippen LogP contribution is -2.44. The van der Waals surface area contributed by atoms with E-state index in [-0.39, 0.29) is 46.6 Å². The van der Waals surface area contributed by atoms with Gasteiger partial charge in [-0.1, -0.05) is 0 Å². The average Bonchev–Trinajstić information content (AvgIpc) is 2.84. The van der Waals surface area contributed by atoms with Gasteiger partial charge in [0.1, 0.15) is 17.5 Å². The van der Waals surface area contributed by atoms with Gasteiger partial charge in [0, 0.05) is 24.8 Å². The summed E-state index contributed by atoms with van der Waals surface area (Å²) in [6.45, 7) is 1.63. The Labute approximate surface area is 213 Å². The zero-order chi connectivity index (χ0) is 27.5. The van der Waals surface area contributed by atoms with Gasteiger partial charge in [0.2, 0.25) is 11.8 Å². The van der Waals surface area contributed by atoms with E-state index < -0.39 is 23.8 Å². The third-order valence-corrected chi connectivity index (χ3v) is 5.10. The van der Waals surface area contributed by atoms with Crippen LogP contribution in [0.1, 0.15) is 40.5 Å². The number of hydrogen-bond donors (Lipinski definition) is 7. The van der Waals surface area contributed by atoms with Crippen LogP contribution in [-0.4, -0.2) is 56.4 Å². The van der Waals surface area contributed by atoms with Gasteiger partial charge in [-0.05, 0) is 49.2 Å². The summed E-state index contributed by atoms with van der Waals surface area (Å²) < 4.78 is 10.4. The highest BCUT2D eigenvalue weighted by Crippen LogP contribution is 2.24. The minimum absolute atomic E-state index is 0.0751. The number of ether oxygens (including phenoxy) is 2. The molecule has 0 fully saturated rings. The number of carbonyl (C=O) groups excluding carboxylic acids is 4. The summed E-state index contributed by atoms with van der Waals surface area (Å²) in [6.07, 6.45) is 0.570. The van der Waals surface area contributed by atoms with Crippen LogP contribution in [0.2, 0.25) is 0 Å². The molecule has 198 valence electrons. The predicted molar refractivity (Wildman–Crippen MR) is 138 cm³/mol. The maximum absolute atomic E-state index is 13.2. The summed E-state index contributed by atoms with van der Waals surface area (Å²) in [5, 5.41) is 17.9. The number of primary amides is 1. The second-order valence-electron chi connectivity index (χ2n) is 7.87. The molecule has 0 radical (unpaired) electrons. The Bertz CT molecular complexity index is 1180. The first kappa shape index (κ1) is 28.4. The van der Waals surface area contributed by atoms with E-state index in [4.69, 9.17) is 26.4 Å². The Balaban J connectivity index is 2.29. The molecular weight excluding hydrogens is 482 g/mol. The normalized spacial score (nSPS) is 11.0. The molecule has 1 atom stereocenters. The molecule has 13 nitrogen and oxygen atoms in total. The Morgan fingerprint density at radius 1 is 0.919 bits per heavy atom. The number of anilines is 2. The van der Waals surface area contributed by atoms with Crippen LogP contribution in [0.5, 0.6) is 11.5 Å². The van der Waals surface area contributed by atoms with Gasteiger partial charge in [-0.15, -0.1) is 0 Å². The van der Waals surface area contributed by atoms with Crippen molar-refractivity contribution in [3.05, 3.63) is 47.5 Å². The van der Waals surface area contributed by atoms with Crippen molar-refractivity contribution < 1.29 is 28.7 Å². The van der Waals surface area contributed by atoms with Gasteiger partial charge in [0.25, 0.3) is 11.8 Å². The Kier molecular flexibility index (Phi) is 10.2. The molecule has 0 bridgehead atoms. The first-order valence-corrected chi connectivity index (χ1v) is 11.2. The van der Waals surface area contributed by atoms with E-state index in [9.17, 15) is 19.2 Å². The van der Waals surface area contributed by atoms with Crippen molar-refractivity contribution in [2.24, 2.45) is 11.5 Å². The summed E-state index contributed by atoms with van der Waals surface area (Å²) in [5.74, 6) is -1.96. The highest BCUT2D eigenvalue weighted by molar-refractivity contribution is 6.04. The molecule has 37 heavy (non-hydrogen) atoms. The van der Waals surface area contributed by atoms with E-state index in [0.717, 1.165) is 0 Å². The second kappa shape index (κ2) is 13.3. The molecule has 2 aromatic rings. The fraction of sp³-hybridized carbons (Fsp3) is 0.292. The number of amides is 4. The molecule has 2 rings (SSSR count). The molecule has 2 aromatic carbocycles. The molecule has 13 heteroatoms. The molecule has 0 aliphatic rings. The lowest BCUT2D eigenvalue weighted by Gasteiger charge is -2.20. The lowest BCUT2D eigenvalue weighted by molar-refractivity contribution is -0.118. The van der Waals surface area contributed by atoms with E-state index in [2.05, 4.69) is 21.3 Å². The topological polar surface area (TPSA) is 211 Å². The van der Waals surface area contributed by atoms with E-state index in [1.54, 1.807) is 6.07 Å². The third-order valence-electron chi connectivity index (χ3n) is 5.10. The number of hydrogen-bond acceptors (Lipinski definition) is 7. The fourth-order valence-corrected chi connectivity index (χ4v) is 3.41. The fourth-order valence-electron chi connectivity index (χ4n) is 3.41. The molecule has 4 amide bonds. The number of nitrogens with one attached hydrogen (secondary N) is 5.